The number of hydrogen-bond acceptors (Lipinski definition) is 3. The van der Waals surface area contributed by atoms with E-state index < -0.39 is 8.07 Å². The summed E-state index contributed by atoms with van der Waals surface area (Å²) in [6, 6.07) is 3.10. The highest BCUT2D eigenvalue weighted by Crippen LogP contribution is 2.19. The summed E-state index contributed by atoms with van der Waals surface area (Å²) in [6.45, 7) is 9.76. The molecule has 0 aliphatic heterocycles. The van der Waals surface area contributed by atoms with Gasteiger partial charge in [0.25, 0.3) is 0 Å². The first-order valence-electron chi connectivity index (χ1n) is 6.57. The minimum absolute atomic E-state index is 0.276. The average Bonchev–Trinajstić information content (AvgIpc) is 2.70. The molecule has 6 heteroatoms. The van der Waals surface area contributed by atoms with Crippen LogP contribution in [0.25, 0.3) is 11.0 Å². The molecule has 0 N–H and O–H groups in total. The Morgan fingerprint density at radius 2 is 2.05 bits per heavy atom. The van der Waals surface area contributed by atoms with Gasteiger partial charge in [-0.2, -0.15) is 9.71 Å². The van der Waals surface area contributed by atoms with E-state index in [1.54, 1.807) is 4.73 Å². The number of aryl methyl sites for hydroxylation is 1. The Morgan fingerprint density at radius 3 is 2.68 bits per heavy atom. The summed E-state index contributed by atoms with van der Waals surface area (Å²) < 4.78 is 1.71. The first-order chi connectivity index (χ1) is 8.90. The topological polar surface area (TPSA) is 39.9 Å². The van der Waals surface area contributed by atoms with Crippen LogP contribution in [0.5, 0.6) is 0 Å². The number of hydrogen-bond donors (Lipinski definition) is 0. The highest BCUT2D eigenvalue weighted by atomic mass is 35.5. The van der Waals surface area contributed by atoms with E-state index >= 15 is 0 Å². The van der Waals surface area contributed by atoms with Crippen molar-refractivity contribution in [3.8, 4) is 0 Å². The van der Waals surface area contributed by atoms with Gasteiger partial charge >= 0.3 is 0 Å². The molecule has 0 spiro atoms. The molecule has 0 bridgehead atoms. The molecule has 19 heavy (non-hydrogen) atoms. The van der Waals surface area contributed by atoms with E-state index in [9.17, 15) is 0 Å². The van der Waals surface area contributed by atoms with E-state index in [-0.39, 0.29) is 5.28 Å². The lowest BCUT2D eigenvalue weighted by Crippen LogP contribution is -2.25. The zero-order valence-electron chi connectivity index (χ0n) is 11.9. The van der Waals surface area contributed by atoms with Crippen LogP contribution in [-0.4, -0.2) is 29.4 Å². The molecule has 2 rings (SSSR count). The fourth-order valence-corrected chi connectivity index (χ4v) is 2.73. The van der Waals surface area contributed by atoms with Gasteiger partial charge in [-0.25, -0.2) is 4.98 Å². The Bertz CT molecular complexity index is 577. The first kappa shape index (κ1) is 14.3. The van der Waals surface area contributed by atoms with Crippen LogP contribution in [-0.2, 0) is 6.42 Å². The second kappa shape index (κ2) is 5.51. The van der Waals surface area contributed by atoms with Crippen molar-refractivity contribution in [3.05, 3.63) is 23.2 Å². The summed E-state index contributed by atoms with van der Waals surface area (Å²) >= 11 is 5.95. The summed E-state index contributed by atoms with van der Waals surface area (Å²) in [5.41, 5.74) is 1.72. The van der Waals surface area contributed by atoms with Crippen LogP contribution < -0.4 is 4.84 Å². The van der Waals surface area contributed by atoms with Crippen LogP contribution in [0, 0.1) is 0 Å². The largest absolute Gasteiger partial charge is 0.413 e. The van der Waals surface area contributed by atoms with Gasteiger partial charge in [0.15, 0.2) is 5.65 Å². The van der Waals surface area contributed by atoms with Crippen LogP contribution in [0.15, 0.2) is 12.3 Å². The normalized spacial score (nSPS) is 12.1. The maximum Gasteiger partial charge on any atom is 0.224 e. The van der Waals surface area contributed by atoms with Crippen LogP contribution in [0.3, 0.4) is 0 Å². The second-order valence-corrected chi connectivity index (χ2v) is 11.8. The molecular formula is C13H20ClN3OSi. The molecule has 0 aliphatic rings. The third-order valence-corrected chi connectivity index (χ3v) is 4.85. The third-order valence-electron chi connectivity index (χ3n) is 2.98. The first-order valence-corrected chi connectivity index (χ1v) is 10.7. The van der Waals surface area contributed by atoms with E-state index in [4.69, 9.17) is 16.4 Å². The molecular weight excluding hydrogens is 278 g/mol. The van der Waals surface area contributed by atoms with E-state index in [1.807, 2.05) is 12.3 Å². The zero-order valence-corrected chi connectivity index (χ0v) is 13.7. The minimum atomic E-state index is -1.08. The van der Waals surface area contributed by atoms with E-state index in [2.05, 4.69) is 36.5 Å². The van der Waals surface area contributed by atoms with E-state index in [0.29, 0.717) is 6.61 Å². The lowest BCUT2D eigenvalue weighted by Gasteiger charge is -2.16. The quantitative estimate of drug-likeness (QED) is 0.627. The number of fused-ring (bicyclic) bond motifs is 1. The SMILES string of the molecule is CCc1nc(Cl)nc2c1ccn2OCC[Si](C)(C)C. The fraction of sp³-hybridized carbons (Fsp3) is 0.538. The van der Waals surface area contributed by atoms with Crippen LogP contribution in [0.2, 0.25) is 31.0 Å². The Morgan fingerprint density at radius 1 is 1.32 bits per heavy atom. The smallest absolute Gasteiger partial charge is 0.224 e. The molecule has 0 aliphatic carbocycles. The molecule has 0 amide bonds. The molecule has 0 radical (unpaired) electrons. The van der Waals surface area contributed by atoms with E-state index in [0.717, 1.165) is 29.2 Å². The van der Waals surface area contributed by atoms with Crippen molar-refractivity contribution in [1.29, 1.82) is 0 Å². The minimum Gasteiger partial charge on any atom is -0.413 e. The molecule has 0 aromatic carbocycles. The summed E-state index contributed by atoms with van der Waals surface area (Å²) in [5, 5.41) is 1.29. The predicted octanol–water partition coefficient (Wildman–Crippen LogP) is 3.41. The Labute approximate surface area is 119 Å². The molecule has 2 aromatic heterocycles. The van der Waals surface area contributed by atoms with Crippen molar-refractivity contribution in [3.63, 3.8) is 0 Å². The number of rotatable bonds is 5. The standard InChI is InChI=1S/C13H20ClN3OSi/c1-5-11-10-6-7-17(12(10)16-13(14)15-11)18-8-9-19(2,3)4/h6-7H,5,8-9H2,1-4H3. The molecule has 0 saturated carbocycles. The van der Waals surface area contributed by atoms with Gasteiger partial charge in [-0.15, -0.1) is 0 Å². The monoisotopic (exact) mass is 297 g/mol. The highest BCUT2D eigenvalue weighted by Gasteiger charge is 2.14. The van der Waals surface area contributed by atoms with Gasteiger partial charge in [0, 0.05) is 19.7 Å². The molecule has 0 fully saturated rings. The van der Waals surface area contributed by atoms with Gasteiger partial charge in [0.05, 0.1) is 5.69 Å². The summed E-state index contributed by atoms with van der Waals surface area (Å²) in [7, 11) is -1.08. The lowest BCUT2D eigenvalue weighted by molar-refractivity contribution is 0.130. The van der Waals surface area contributed by atoms with Crippen molar-refractivity contribution in [2.45, 2.75) is 39.0 Å². The number of nitrogens with zero attached hydrogens (tertiary/aromatic N) is 3. The van der Waals surface area contributed by atoms with Crippen molar-refractivity contribution in [2.75, 3.05) is 6.61 Å². The van der Waals surface area contributed by atoms with Gasteiger partial charge in [-0.3, -0.25) is 0 Å². The maximum atomic E-state index is 5.95. The third kappa shape index (κ3) is 3.48. The number of halogens is 1. The highest BCUT2D eigenvalue weighted by molar-refractivity contribution is 6.76. The molecule has 2 aromatic rings. The van der Waals surface area contributed by atoms with Crippen molar-refractivity contribution in [1.82, 2.24) is 14.7 Å². The summed E-state index contributed by atoms with van der Waals surface area (Å²) in [4.78, 5) is 14.3. The van der Waals surface area contributed by atoms with Crippen LogP contribution >= 0.6 is 11.6 Å². The molecule has 104 valence electrons. The molecule has 2 heterocycles. The summed E-state index contributed by atoms with van der Waals surface area (Å²) in [6.07, 6.45) is 2.72. The van der Waals surface area contributed by atoms with Gasteiger partial charge < -0.3 is 4.84 Å². The Balaban J connectivity index is 2.23. The molecule has 0 saturated heterocycles. The average molecular weight is 298 g/mol. The Hall–Kier alpha value is -1.07. The lowest BCUT2D eigenvalue weighted by atomic mass is 10.2. The van der Waals surface area contributed by atoms with Crippen molar-refractivity contribution >= 4 is 30.7 Å². The number of aromatic nitrogens is 3. The summed E-state index contributed by atoms with van der Waals surface area (Å²) in [5.74, 6) is 0. The Kier molecular flexibility index (Phi) is 4.15. The van der Waals surface area contributed by atoms with Crippen LogP contribution in [0.4, 0.5) is 0 Å². The predicted molar refractivity (Wildman–Crippen MR) is 81.5 cm³/mol. The van der Waals surface area contributed by atoms with Crippen LogP contribution in [0.1, 0.15) is 12.6 Å². The second-order valence-electron chi connectivity index (χ2n) is 5.82. The van der Waals surface area contributed by atoms with Crippen molar-refractivity contribution < 1.29 is 4.84 Å². The van der Waals surface area contributed by atoms with Gasteiger partial charge in [-0.05, 0) is 30.1 Å². The maximum absolute atomic E-state index is 5.95. The molecule has 4 nitrogen and oxygen atoms in total. The molecule has 0 atom stereocenters. The van der Waals surface area contributed by atoms with E-state index in [1.165, 1.54) is 0 Å². The van der Waals surface area contributed by atoms with Gasteiger partial charge in [-0.1, -0.05) is 26.6 Å². The van der Waals surface area contributed by atoms with Gasteiger partial charge in [0.1, 0.15) is 6.61 Å². The fourth-order valence-electron chi connectivity index (χ4n) is 1.85. The van der Waals surface area contributed by atoms with Crippen molar-refractivity contribution in [2.24, 2.45) is 0 Å². The van der Waals surface area contributed by atoms with Gasteiger partial charge in [0.2, 0.25) is 5.28 Å². The zero-order chi connectivity index (χ0) is 14.0. The molecule has 0 unspecified atom stereocenters.